The lowest BCUT2D eigenvalue weighted by Gasteiger charge is -2.13. The molecule has 0 atom stereocenters. The average Bonchev–Trinajstić information content (AvgIpc) is 3.24. The van der Waals surface area contributed by atoms with E-state index in [2.05, 4.69) is 15.2 Å². The van der Waals surface area contributed by atoms with E-state index in [1.807, 2.05) is 31.2 Å². The first-order chi connectivity index (χ1) is 15.9. The normalized spacial score (nSPS) is 14.5. The summed E-state index contributed by atoms with van der Waals surface area (Å²) in [6, 6.07) is 15.4. The van der Waals surface area contributed by atoms with Crippen LogP contribution < -0.4 is 0 Å². The van der Waals surface area contributed by atoms with Crippen molar-refractivity contribution in [3.63, 3.8) is 0 Å². The van der Waals surface area contributed by atoms with Crippen molar-refractivity contribution in [3.05, 3.63) is 88.4 Å². The van der Waals surface area contributed by atoms with E-state index in [1.54, 1.807) is 12.1 Å². The Labute approximate surface area is 187 Å². The summed E-state index contributed by atoms with van der Waals surface area (Å²) in [5.74, 6) is -0.493. The SMILES string of the molecule is Cc1ccccc1C1(c2noc(-c3cc(C(F)F)n(Cc4cccc(C(=O)O)c4)n3)n2)CC1. The number of alkyl halides is 2. The summed E-state index contributed by atoms with van der Waals surface area (Å²) >= 11 is 0. The van der Waals surface area contributed by atoms with Crippen LogP contribution in [0.25, 0.3) is 11.6 Å². The van der Waals surface area contributed by atoms with Crippen LogP contribution in [0.15, 0.2) is 59.1 Å². The number of aryl methyl sites for hydroxylation is 1. The van der Waals surface area contributed by atoms with Gasteiger partial charge in [0.15, 0.2) is 11.5 Å². The van der Waals surface area contributed by atoms with Crippen LogP contribution in [-0.2, 0) is 12.0 Å². The van der Waals surface area contributed by atoms with Crippen molar-refractivity contribution >= 4 is 5.97 Å². The molecule has 1 saturated carbocycles. The Kier molecular flexibility index (Phi) is 5.03. The van der Waals surface area contributed by atoms with Gasteiger partial charge in [0.25, 0.3) is 12.3 Å². The van der Waals surface area contributed by atoms with E-state index in [1.165, 1.54) is 18.2 Å². The number of halogens is 2. The smallest absolute Gasteiger partial charge is 0.335 e. The molecule has 0 saturated heterocycles. The lowest BCUT2D eigenvalue weighted by atomic mass is 9.91. The van der Waals surface area contributed by atoms with Crippen LogP contribution in [0.1, 0.15) is 57.8 Å². The van der Waals surface area contributed by atoms with E-state index in [0.29, 0.717) is 11.4 Å². The summed E-state index contributed by atoms with van der Waals surface area (Å²) in [5, 5.41) is 17.6. The number of hydrogen-bond acceptors (Lipinski definition) is 5. The van der Waals surface area contributed by atoms with Gasteiger partial charge < -0.3 is 9.63 Å². The van der Waals surface area contributed by atoms with Crippen molar-refractivity contribution in [2.24, 2.45) is 0 Å². The molecule has 2 heterocycles. The Morgan fingerprint density at radius 1 is 1.18 bits per heavy atom. The fourth-order valence-electron chi connectivity index (χ4n) is 4.18. The van der Waals surface area contributed by atoms with E-state index >= 15 is 0 Å². The molecule has 0 amide bonds. The van der Waals surface area contributed by atoms with Gasteiger partial charge in [-0.25, -0.2) is 13.6 Å². The number of aromatic nitrogens is 4. The highest BCUT2D eigenvalue weighted by Gasteiger charge is 2.50. The second kappa shape index (κ2) is 7.91. The molecule has 0 bridgehead atoms. The fourth-order valence-corrected chi connectivity index (χ4v) is 4.18. The lowest BCUT2D eigenvalue weighted by molar-refractivity contribution is 0.0696. The molecule has 168 valence electrons. The van der Waals surface area contributed by atoms with E-state index < -0.39 is 12.4 Å². The predicted octanol–water partition coefficient (Wildman–Crippen LogP) is 5.01. The molecule has 0 radical (unpaired) electrons. The first kappa shape index (κ1) is 21.0. The van der Waals surface area contributed by atoms with E-state index in [9.17, 15) is 18.7 Å². The van der Waals surface area contributed by atoms with Crippen LogP contribution in [-0.4, -0.2) is 31.0 Å². The largest absolute Gasteiger partial charge is 0.478 e. The third kappa shape index (κ3) is 3.79. The molecule has 2 aromatic carbocycles. The molecule has 9 heteroatoms. The number of benzene rings is 2. The van der Waals surface area contributed by atoms with Crippen LogP contribution in [0.3, 0.4) is 0 Å². The molecule has 1 N–H and O–H groups in total. The Balaban J connectivity index is 1.47. The maximum absolute atomic E-state index is 13.7. The van der Waals surface area contributed by atoms with Gasteiger partial charge >= 0.3 is 5.97 Å². The molecular formula is C24H20F2N4O3. The standard InChI is InChI=1S/C24H20F2N4O3/c1-14-5-2-3-8-17(14)24(9-10-24)23-27-21(33-29-23)18-12-19(20(25)26)30(28-18)13-15-6-4-7-16(11-15)22(31)32/h2-8,11-12,20H,9-10,13H2,1H3,(H,31,32). The van der Waals surface area contributed by atoms with Crippen LogP contribution in [0, 0.1) is 6.92 Å². The molecule has 2 aromatic heterocycles. The number of carboxylic acid groups (broad SMARTS) is 1. The Hall–Kier alpha value is -3.88. The Morgan fingerprint density at radius 3 is 2.67 bits per heavy atom. The lowest BCUT2D eigenvalue weighted by Crippen LogP contribution is -2.12. The third-order valence-corrected chi connectivity index (χ3v) is 6.02. The molecule has 33 heavy (non-hydrogen) atoms. The maximum atomic E-state index is 13.7. The second-order valence-electron chi connectivity index (χ2n) is 8.24. The molecule has 5 rings (SSSR count). The summed E-state index contributed by atoms with van der Waals surface area (Å²) in [6.45, 7) is 2.02. The van der Waals surface area contributed by atoms with Crippen molar-refractivity contribution in [3.8, 4) is 11.6 Å². The number of hydrogen-bond donors (Lipinski definition) is 1. The molecule has 1 fully saturated rings. The van der Waals surface area contributed by atoms with Crippen molar-refractivity contribution in [2.45, 2.75) is 38.2 Å². The predicted molar refractivity (Wildman–Crippen MR) is 114 cm³/mol. The first-order valence-electron chi connectivity index (χ1n) is 10.5. The topological polar surface area (TPSA) is 94.0 Å². The number of aromatic carboxylic acids is 1. The fraction of sp³-hybridized carbons (Fsp3) is 0.250. The summed E-state index contributed by atoms with van der Waals surface area (Å²) in [7, 11) is 0. The highest BCUT2D eigenvalue weighted by Crippen LogP contribution is 2.53. The van der Waals surface area contributed by atoms with E-state index in [0.717, 1.165) is 28.7 Å². The van der Waals surface area contributed by atoms with Gasteiger partial charge in [-0.3, -0.25) is 4.68 Å². The van der Waals surface area contributed by atoms with Gasteiger partial charge in [-0.2, -0.15) is 10.1 Å². The van der Waals surface area contributed by atoms with Crippen molar-refractivity contribution in [1.82, 2.24) is 19.9 Å². The van der Waals surface area contributed by atoms with Gasteiger partial charge in [0.05, 0.1) is 17.5 Å². The zero-order valence-electron chi connectivity index (χ0n) is 17.7. The summed E-state index contributed by atoms with van der Waals surface area (Å²) < 4.78 is 34.0. The third-order valence-electron chi connectivity index (χ3n) is 6.02. The number of nitrogens with zero attached hydrogens (tertiary/aromatic N) is 4. The van der Waals surface area contributed by atoms with Crippen molar-refractivity contribution in [1.29, 1.82) is 0 Å². The number of rotatable bonds is 7. The average molecular weight is 450 g/mol. The number of carboxylic acids is 1. The zero-order chi connectivity index (χ0) is 23.2. The van der Waals surface area contributed by atoms with Crippen LogP contribution in [0.2, 0.25) is 0 Å². The van der Waals surface area contributed by atoms with Crippen LogP contribution >= 0.6 is 0 Å². The van der Waals surface area contributed by atoms with E-state index in [-0.39, 0.29) is 34.8 Å². The molecule has 0 spiro atoms. The number of carbonyl (C=O) groups is 1. The van der Waals surface area contributed by atoms with Crippen LogP contribution in [0.4, 0.5) is 8.78 Å². The van der Waals surface area contributed by atoms with Gasteiger partial charge in [0.2, 0.25) is 0 Å². The monoisotopic (exact) mass is 450 g/mol. The highest BCUT2D eigenvalue weighted by molar-refractivity contribution is 5.87. The maximum Gasteiger partial charge on any atom is 0.335 e. The molecule has 0 unspecified atom stereocenters. The molecule has 1 aliphatic carbocycles. The molecule has 7 nitrogen and oxygen atoms in total. The quantitative estimate of drug-likeness (QED) is 0.426. The van der Waals surface area contributed by atoms with Gasteiger partial charge in [-0.05, 0) is 54.7 Å². The minimum atomic E-state index is -2.78. The van der Waals surface area contributed by atoms with Crippen LogP contribution in [0.5, 0.6) is 0 Å². The first-order valence-corrected chi connectivity index (χ1v) is 10.5. The Morgan fingerprint density at radius 2 is 1.97 bits per heavy atom. The second-order valence-corrected chi connectivity index (χ2v) is 8.24. The van der Waals surface area contributed by atoms with Gasteiger partial charge in [0.1, 0.15) is 5.69 Å². The summed E-state index contributed by atoms with van der Waals surface area (Å²) in [4.78, 5) is 15.7. The van der Waals surface area contributed by atoms with Crippen molar-refractivity contribution < 1.29 is 23.2 Å². The minimum Gasteiger partial charge on any atom is -0.478 e. The highest BCUT2D eigenvalue weighted by atomic mass is 19.3. The summed E-state index contributed by atoms with van der Waals surface area (Å²) in [5.41, 5.74) is 2.40. The summed E-state index contributed by atoms with van der Waals surface area (Å²) in [6.07, 6.45) is -1.01. The molecule has 0 aliphatic heterocycles. The van der Waals surface area contributed by atoms with E-state index in [4.69, 9.17) is 4.52 Å². The molecule has 4 aromatic rings. The minimum absolute atomic E-state index is 0.0189. The zero-order valence-corrected chi connectivity index (χ0v) is 17.7. The molecular weight excluding hydrogens is 430 g/mol. The van der Waals surface area contributed by atoms with Crippen molar-refractivity contribution in [2.75, 3.05) is 0 Å². The Bertz CT molecular complexity index is 1340. The van der Waals surface area contributed by atoms with Gasteiger partial charge in [0, 0.05) is 0 Å². The van der Waals surface area contributed by atoms with Gasteiger partial charge in [-0.1, -0.05) is 41.6 Å². The molecule has 1 aliphatic rings. The van der Waals surface area contributed by atoms with Gasteiger partial charge in [-0.15, -0.1) is 0 Å².